The first-order valence-electron chi connectivity index (χ1n) is 7.59. The van der Waals surface area contributed by atoms with Crippen LogP contribution in [0.1, 0.15) is 48.6 Å². The molecule has 0 aliphatic carbocycles. The molecule has 112 valence electrons. The summed E-state index contributed by atoms with van der Waals surface area (Å²) in [6.45, 7) is 7.17. The van der Waals surface area contributed by atoms with Gasteiger partial charge in [0.25, 0.3) is 0 Å². The number of hydrogen-bond acceptors (Lipinski definition) is 2. The molecule has 21 heavy (non-hydrogen) atoms. The standard InChI is InChI=1S/C18H23FN2/c1-4-9-21-18(16-7-6-15(19)11-13(16)3)17-8-10-20-12-14(17)5-2/h6-8,10-12,18,21H,4-5,9H2,1-3H3. The number of halogens is 1. The molecule has 2 nitrogen and oxygen atoms in total. The van der Waals surface area contributed by atoms with Crippen LogP contribution < -0.4 is 5.32 Å². The maximum atomic E-state index is 13.4. The van der Waals surface area contributed by atoms with Crippen LogP contribution in [0.3, 0.4) is 0 Å². The van der Waals surface area contributed by atoms with Crippen molar-refractivity contribution < 1.29 is 4.39 Å². The zero-order valence-corrected chi connectivity index (χ0v) is 13.0. The Hall–Kier alpha value is -1.74. The Morgan fingerprint density at radius 3 is 2.67 bits per heavy atom. The number of nitrogens with one attached hydrogen (secondary N) is 1. The molecule has 1 unspecified atom stereocenters. The molecule has 2 rings (SSSR count). The second-order valence-electron chi connectivity index (χ2n) is 5.32. The summed E-state index contributed by atoms with van der Waals surface area (Å²) in [6, 6.07) is 7.18. The largest absolute Gasteiger partial charge is 0.306 e. The van der Waals surface area contributed by atoms with Gasteiger partial charge in [0.2, 0.25) is 0 Å². The summed E-state index contributed by atoms with van der Waals surface area (Å²) in [5.74, 6) is -0.184. The van der Waals surface area contributed by atoms with Crippen LogP contribution in [-0.2, 0) is 6.42 Å². The van der Waals surface area contributed by atoms with Gasteiger partial charge in [0.05, 0.1) is 6.04 Å². The van der Waals surface area contributed by atoms with Crippen LogP contribution in [-0.4, -0.2) is 11.5 Å². The van der Waals surface area contributed by atoms with Crippen LogP contribution in [0.15, 0.2) is 36.7 Å². The molecule has 0 spiro atoms. The summed E-state index contributed by atoms with van der Waals surface area (Å²) in [6.07, 6.45) is 5.75. The Bertz CT molecular complexity index is 596. The van der Waals surface area contributed by atoms with E-state index in [1.165, 1.54) is 17.2 Å². The second kappa shape index (κ2) is 7.32. The maximum Gasteiger partial charge on any atom is 0.123 e. The molecule has 0 aliphatic rings. The maximum absolute atomic E-state index is 13.4. The average molecular weight is 286 g/mol. The van der Waals surface area contributed by atoms with Crippen molar-refractivity contribution in [2.75, 3.05) is 6.54 Å². The Kier molecular flexibility index (Phi) is 5.45. The van der Waals surface area contributed by atoms with Crippen LogP contribution >= 0.6 is 0 Å². The lowest BCUT2D eigenvalue weighted by Crippen LogP contribution is -2.25. The fourth-order valence-corrected chi connectivity index (χ4v) is 2.65. The molecule has 3 heteroatoms. The molecule has 0 saturated heterocycles. The van der Waals surface area contributed by atoms with Crippen LogP contribution in [0.5, 0.6) is 0 Å². The molecule has 0 radical (unpaired) electrons. The lowest BCUT2D eigenvalue weighted by atomic mass is 9.92. The van der Waals surface area contributed by atoms with Gasteiger partial charge in [-0.25, -0.2) is 4.39 Å². The summed E-state index contributed by atoms with van der Waals surface area (Å²) in [5, 5.41) is 3.59. The molecule has 0 fully saturated rings. The minimum absolute atomic E-state index is 0.0866. The van der Waals surface area contributed by atoms with Crippen LogP contribution in [0.25, 0.3) is 0 Å². The molecule has 0 saturated carbocycles. The molecule has 0 amide bonds. The summed E-state index contributed by atoms with van der Waals surface area (Å²) < 4.78 is 13.4. The predicted molar refractivity (Wildman–Crippen MR) is 84.9 cm³/mol. The van der Waals surface area contributed by atoms with E-state index >= 15 is 0 Å². The van der Waals surface area contributed by atoms with Gasteiger partial charge in [-0.2, -0.15) is 0 Å². The van der Waals surface area contributed by atoms with E-state index in [0.717, 1.165) is 30.5 Å². The van der Waals surface area contributed by atoms with Crippen molar-refractivity contribution in [2.24, 2.45) is 0 Å². The van der Waals surface area contributed by atoms with E-state index in [2.05, 4.69) is 30.2 Å². The number of rotatable bonds is 6. The lowest BCUT2D eigenvalue weighted by Gasteiger charge is -2.23. The van der Waals surface area contributed by atoms with E-state index in [0.29, 0.717) is 0 Å². The van der Waals surface area contributed by atoms with Gasteiger partial charge >= 0.3 is 0 Å². The van der Waals surface area contributed by atoms with Crippen molar-refractivity contribution in [3.8, 4) is 0 Å². The van der Waals surface area contributed by atoms with E-state index < -0.39 is 0 Å². The number of nitrogens with zero attached hydrogens (tertiary/aromatic N) is 1. The summed E-state index contributed by atoms with van der Waals surface area (Å²) in [7, 11) is 0. The van der Waals surface area contributed by atoms with E-state index in [4.69, 9.17) is 0 Å². The van der Waals surface area contributed by atoms with Crippen molar-refractivity contribution in [1.82, 2.24) is 10.3 Å². The third kappa shape index (κ3) is 3.67. The van der Waals surface area contributed by atoms with Gasteiger partial charge in [0, 0.05) is 12.4 Å². The van der Waals surface area contributed by atoms with Crippen molar-refractivity contribution in [3.63, 3.8) is 0 Å². The van der Waals surface area contributed by atoms with E-state index in [-0.39, 0.29) is 11.9 Å². The first-order valence-corrected chi connectivity index (χ1v) is 7.59. The first kappa shape index (κ1) is 15.6. The Balaban J connectivity index is 2.47. The summed E-state index contributed by atoms with van der Waals surface area (Å²) in [5.41, 5.74) is 4.57. The molecule has 1 atom stereocenters. The fourth-order valence-electron chi connectivity index (χ4n) is 2.65. The van der Waals surface area contributed by atoms with E-state index in [1.807, 2.05) is 25.4 Å². The second-order valence-corrected chi connectivity index (χ2v) is 5.32. The highest BCUT2D eigenvalue weighted by Gasteiger charge is 2.18. The quantitative estimate of drug-likeness (QED) is 0.861. The van der Waals surface area contributed by atoms with Gasteiger partial charge < -0.3 is 5.32 Å². The molecular formula is C18H23FN2. The minimum atomic E-state index is -0.184. The van der Waals surface area contributed by atoms with Crippen LogP contribution in [0.4, 0.5) is 4.39 Å². The van der Waals surface area contributed by atoms with Gasteiger partial charge in [0.1, 0.15) is 5.82 Å². The number of aromatic nitrogens is 1. The van der Waals surface area contributed by atoms with Crippen molar-refractivity contribution >= 4 is 0 Å². The van der Waals surface area contributed by atoms with Crippen molar-refractivity contribution in [1.29, 1.82) is 0 Å². The van der Waals surface area contributed by atoms with Gasteiger partial charge in [-0.05, 0) is 66.8 Å². The SMILES string of the molecule is CCCNC(c1ccc(F)cc1C)c1ccncc1CC. The highest BCUT2D eigenvalue weighted by atomic mass is 19.1. The summed E-state index contributed by atoms with van der Waals surface area (Å²) in [4.78, 5) is 4.22. The number of hydrogen-bond donors (Lipinski definition) is 1. The van der Waals surface area contributed by atoms with Gasteiger partial charge in [-0.15, -0.1) is 0 Å². The highest BCUT2D eigenvalue weighted by Crippen LogP contribution is 2.28. The topological polar surface area (TPSA) is 24.9 Å². The molecular weight excluding hydrogens is 263 g/mol. The Morgan fingerprint density at radius 1 is 1.19 bits per heavy atom. The zero-order valence-electron chi connectivity index (χ0n) is 13.0. The molecule has 1 heterocycles. The fraction of sp³-hybridized carbons (Fsp3) is 0.389. The third-order valence-electron chi connectivity index (χ3n) is 3.77. The lowest BCUT2D eigenvalue weighted by molar-refractivity contribution is 0.586. The molecule has 1 aromatic heterocycles. The van der Waals surface area contributed by atoms with Gasteiger partial charge in [0.15, 0.2) is 0 Å². The Labute approximate surface area is 126 Å². The predicted octanol–water partition coefficient (Wildman–Crippen LogP) is 4.18. The smallest absolute Gasteiger partial charge is 0.123 e. The third-order valence-corrected chi connectivity index (χ3v) is 3.77. The van der Waals surface area contributed by atoms with Gasteiger partial charge in [-0.3, -0.25) is 4.98 Å². The molecule has 2 aromatic rings. The molecule has 0 bridgehead atoms. The highest BCUT2D eigenvalue weighted by molar-refractivity contribution is 5.39. The summed E-state index contributed by atoms with van der Waals surface area (Å²) >= 11 is 0. The average Bonchev–Trinajstić information content (AvgIpc) is 2.49. The molecule has 1 N–H and O–H groups in total. The van der Waals surface area contributed by atoms with E-state index in [1.54, 1.807) is 6.07 Å². The van der Waals surface area contributed by atoms with E-state index in [9.17, 15) is 4.39 Å². The monoisotopic (exact) mass is 286 g/mol. The zero-order chi connectivity index (χ0) is 15.2. The minimum Gasteiger partial charge on any atom is -0.306 e. The number of benzene rings is 1. The number of aryl methyl sites for hydroxylation is 2. The van der Waals surface area contributed by atoms with Crippen molar-refractivity contribution in [3.05, 3.63) is 64.7 Å². The van der Waals surface area contributed by atoms with Gasteiger partial charge in [-0.1, -0.05) is 19.9 Å². The molecule has 1 aromatic carbocycles. The van der Waals surface area contributed by atoms with Crippen molar-refractivity contribution in [2.45, 2.75) is 39.7 Å². The van der Waals surface area contributed by atoms with Crippen LogP contribution in [0.2, 0.25) is 0 Å². The number of pyridine rings is 1. The first-order chi connectivity index (χ1) is 10.2. The van der Waals surface area contributed by atoms with Crippen LogP contribution in [0, 0.1) is 12.7 Å². The Morgan fingerprint density at radius 2 is 2.00 bits per heavy atom. The molecule has 0 aliphatic heterocycles. The normalized spacial score (nSPS) is 12.4.